The van der Waals surface area contributed by atoms with Crippen molar-refractivity contribution < 1.29 is 19.7 Å². The smallest absolute Gasteiger partial charge is 0.333 e. The van der Waals surface area contributed by atoms with Crippen molar-refractivity contribution in [2.24, 2.45) is 28.2 Å². The molecule has 0 aliphatic heterocycles. The number of carbonyl (C=O) groups excluding carboxylic acids is 1. The first kappa shape index (κ1) is 29.3. The summed E-state index contributed by atoms with van der Waals surface area (Å²) in [6.45, 7) is 12.9. The molecule has 5 nitrogen and oxygen atoms in total. The molecule has 3 fully saturated rings. The minimum absolute atomic E-state index is 0.0919. The zero-order valence-electron chi connectivity index (χ0n) is 22.9. The standard InChI is InChI=1S/C29H53NO4/c1-7-34-27(32)26(30-25-20-22-19-24(28(22,4)5)29(25,6)33)23(31)18-16-14-12-10-8-9-11-13-15-17-21(2)3/h21-24,26,31,33H,7-20H2,1-6H3/t22-,23+,24-,26?,29-/m0/s1. The molecule has 3 saturated carbocycles. The lowest BCUT2D eigenvalue weighted by Crippen LogP contribution is -2.65. The third kappa shape index (κ3) is 7.78. The summed E-state index contributed by atoms with van der Waals surface area (Å²) >= 11 is 0. The summed E-state index contributed by atoms with van der Waals surface area (Å²) in [5, 5.41) is 22.1. The largest absolute Gasteiger partial charge is 0.464 e. The van der Waals surface area contributed by atoms with Gasteiger partial charge in [-0.25, -0.2) is 4.79 Å². The van der Waals surface area contributed by atoms with Crippen LogP contribution in [0.5, 0.6) is 0 Å². The van der Waals surface area contributed by atoms with Gasteiger partial charge >= 0.3 is 5.97 Å². The van der Waals surface area contributed by atoms with Crippen LogP contribution < -0.4 is 0 Å². The molecule has 3 aliphatic carbocycles. The zero-order chi connectivity index (χ0) is 25.4. The van der Waals surface area contributed by atoms with Crippen LogP contribution in [0.25, 0.3) is 0 Å². The van der Waals surface area contributed by atoms with Gasteiger partial charge in [0.2, 0.25) is 0 Å². The van der Waals surface area contributed by atoms with Crippen molar-refractivity contribution in [3.05, 3.63) is 0 Å². The number of aliphatic hydroxyl groups is 2. The number of ether oxygens (including phenoxy) is 1. The second-order valence-corrected chi connectivity index (χ2v) is 12.2. The molecule has 2 N–H and O–H groups in total. The third-order valence-electron chi connectivity index (χ3n) is 8.64. The Balaban J connectivity index is 1.77. The number of fused-ring (bicyclic) bond motifs is 2. The van der Waals surface area contributed by atoms with E-state index in [2.05, 4.69) is 32.7 Å². The summed E-state index contributed by atoms with van der Waals surface area (Å²) < 4.78 is 5.24. The highest BCUT2D eigenvalue weighted by atomic mass is 16.5. The van der Waals surface area contributed by atoms with E-state index in [-0.39, 0.29) is 17.9 Å². The molecule has 3 rings (SSSR count). The van der Waals surface area contributed by atoms with Crippen LogP contribution in [-0.2, 0) is 9.53 Å². The normalized spacial score (nSPS) is 28.6. The second-order valence-electron chi connectivity index (χ2n) is 12.2. The van der Waals surface area contributed by atoms with Gasteiger partial charge in [-0.2, -0.15) is 0 Å². The molecule has 1 unspecified atom stereocenters. The van der Waals surface area contributed by atoms with E-state index in [0.717, 1.165) is 25.2 Å². The zero-order valence-corrected chi connectivity index (χ0v) is 22.9. The van der Waals surface area contributed by atoms with E-state index in [4.69, 9.17) is 4.74 Å². The summed E-state index contributed by atoms with van der Waals surface area (Å²) in [5.74, 6) is 0.965. The molecule has 0 aromatic carbocycles. The van der Waals surface area contributed by atoms with Gasteiger partial charge in [0.15, 0.2) is 6.04 Å². The van der Waals surface area contributed by atoms with E-state index >= 15 is 0 Å². The number of aliphatic hydroxyl groups excluding tert-OH is 1. The lowest BCUT2D eigenvalue weighted by molar-refractivity contribution is -0.148. The number of aliphatic imine (C=N–C) groups is 1. The maximum absolute atomic E-state index is 12.6. The lowest BCUT2D eigenvalue weighted by Gasteiger charge is -2.62. The molecule has 0 heterocycles. The number of carbonyl (C=O) groups is 1. The van der Waals surface area contributed by atoms with Gasteiger partial charge in [0, 0.05) is 5.71 Å². The molecule has 5 atom stereocenters. The fourth-order valence-corrected chi connectivity index (χ4v) is 6.13. The van der Waals surface area contributed by atoms with Crippen molar-refractivity contribution in [2.75, 3.05) is 6.61 Å². The third-order valence-corrected chi connectivity index (χ3v) is 8.64. The SMILES string of the molecule is CCOC(=O)C(N=C1C[C@@H]2C[C@@H](C2(C)C)[C@]1(C)O)[C@H](O)CCCCCCCCCCCC(C)C. The first-order valence-electron chi connectivity index (χ1n) is 14.2. The van der Waals surface area contributed by atoms with Gasteiger partial charge in [-0.15, -0.1) is 0 Å². The Morgan fingerprint density at radius 2 is 1.53 bits per heavy atom. The summed E-state index contributed by atoms with van der Waals surface area (Å²) in [4.78, 5) is 17.3. The number of nitrogens with zero attached hydrogens (tertiary/aromatic N) is 1. The predicted molar refractivity (Wildman–Crippen MR) is 140 cm³/mol. The van der Waals surface area contributed by atoms with E-state index in [1.165, 1.54) is 51.4 Å². The number of esters is 1. The number of hydrogen-bond donors (Lipinski definition) is 2. The molecule has 5 heteroatoms. The molecule has 0 amide bonds. The molecule has 0 saturated heterocycles. The van der Waals surface area contributed by atoms with Crippen molar-refractivity contribution in [1.29, 1.82) is 0 Å². The number of unbranched alkanes of at least 4 members (excludes halogenated alkanes) is 8. The van der Waals surface area contributed by atoms with Gasteiger partial charge in [0.1, 0.15) is 5.60 Å². The Morgan fingerprint density at radius 1 is 1.00 bits per heavy atom. The highest BCUT2D eigenvalue weighted by Gasteiger charge is 2.61. The average molecular weight is 480 g/mol. The monoisotopic (exact) mass is 479 g/mol. The predicted octanol–water partition coefficient (Wildman–Crippen LogP) is 6.48. The molecule has 3 aliphatic rings. The minimum Gasteiger partial charge on any atom is -0.464 e. The van der Waals surface area contributed by atoms with Gasteiger partial charge in [-0.1, -0.05) is 91.9 Å². The summed E-state index contributed by atoms with van der Waals surface area (Å²) in [7, 11) is 0. The Labute approximate surface area is 209 Å². The lowest BCUT2D eigenvalue weighted by atomic mass is 9.44. The maximum Gasteiger partial charge on any atom is 0.333 e. The molecule has 0 radical (unpaired) electrons. The van der Waals surface area contributed by atoms with Crippen LogP contribution in [0.1, 0.15) is 125 Å². The summed E-state index contributed by atoms with van der Waals surface area (Å²) in [5.41, 5.74) is -0.273. The summed E-state index contributed by atoms with van der Waals surface area (Å²) in [6.07, 6.45) is 13.7. The van der Waals surface area contributed by atoms with E-state index < -0.39 is 23.7 Å². The molecule has 198 valence electrons. The quantitative estimate of drug-likeness (QED) is 0.196. The van der Waals surface area contributed by atoms with E-state index in [1.54, 1.807) is 6.92 Å². The Bertz CT molecular complexity index is 655. The fraction of sp³-hybridized carbons (Fsp3) is 0.931. The molecule has 0 spiro atoms. The number of hydrogen-bond acceptors (Lipinski definition) is 5. The Kier molecular flexibility index (Phi) is 11.5. The van der Waals surface area contributed by atoms with E-state index in [1.807, 2.05) is 6.92 Å². The Hall–Kier alpha value is -0.940. The van der Waals surface area contributed by atoms with Crippen LogP contribution >= 0.6 is 0 Å². The molecular formula is C29H53NO4. The fourth-order valence-electron chi connectivity index (χ4n) is 6.13. The van der Waals surface area contributed by atoms with Gasteiger partial charge in [0.25, 0.3) is 0 Å². The van der Waals surface area contributed by atoms with E-state index in [9.17, 15) is 15.0 Å². The van der Waals surface area contributed by atoms with Crippen molar-refractivity contribution in [2.45, 2.75) is 143 Å². The first-order valence-corrected chi connectivity index (χ1v) is 14.2. The highest BCUT2D eigenvalue weighted by Crippen LogP contribution is 2.61. The van der Waals surface area contributed by atoms with Crippen LogP contribution in [0.3, 0.4) is 0 Å². The number of rotatable bonds is 16. The molecular weight excluding hydrogens is 426 g/mol. The van der Waals surface area contributed by atoms with Crippen LogP contribution in [0.2, 0.25) is 0 Å². The highest BCUT2D eigenvalue weighted by molar-refractivity contribution is 5.96. The van der Waals surface area contributed by atoms with Crippen LogP contribution in [0.4, 0.5) is 0 Å². The minimum atomic E-state index is -1.03. The van der Waals surface area contributed by atoms with E-state index in [0.29, 0.717) is 24.5 Å². The van der Waals surface area contributed by atoms with Crippen molar-refractivity contribution in [1.82, 2.24) is 0 Å². The van der Waals surface area contributed by atoms with Gasteiger partial charge < -0.3 is 14.9 Å². The molecule has 0 aromatic heterocycles. The molecule has 34 heavy (non-hydrogen) atoms. The molecule has 0 aromatic rings. The van der Waals surface area contributed by atoms with Crippen LogP contribution in [0.15, 0.2) is 4.99 Å². The van der Waals surface area contributed by atoms with Crippen molar-refractivity contribution in [3.8, 4) is 0 Å². The molecule has 2 bridgehead atoms. The second kappa shape index (κ2) is 13.4. The first-order chi connectivity index (χ1) is 16.0. The average Bonchev–Trinajstić information content (AvgIpc) is 2.75. The Morgan fingerprint density at radius 3 is 2.00 bits per heavy atom. The van der Waals surface area contributed by atoms with Crippen molar-refractivity contribution >= 4 is 11.7 Å². The van der Waals surface area contributed by atoms with Crippen LogP contribution in [-0.4, -0.2) is 46.2 Å². The van der Waals surface area contributed by atoms with Gasteiger partial charge in [-0.3, -0.25) is 4.99 Å². The maximum atomic E-state index is 12.6. The van der Waals surface area contributed by atoms with Gasteiger partial charge in [0.05, 0.1) is 12.7 Å². The summed E-state index contributed by atoms with van der Waals surface area (Å²) in [6, 6.07) is -0.937. The van der Waals surface area contributed by atoms with Crippen molar-refractivity contribution in [3.63, 3.8) is 0 Å². The van der Waals surface area contributed by atoms with Crippen LogP contribution in [0, 0.1) is 23.2 Å². The topological polar surface area (TPSA) is 79.1 Å². The van der Waals surface area contributed by atoms with Gasteiger partial charge in [-0.05, 0) is 56.3 Å².